The summed E-state index contributed by atoms with van der Waals surface area (Å²) in [5, 5.41) is 0. The average Bonchev–Trinajstić information content (AvgIpc) is 3.47. The van der Waals surface area contributed by atoms with Crippen molar-refractivity contribution in [1.29, 1.82) is 0 Å². The first kappa shape index (κ1) is 17.9. The van der Waals surface area contributed by atoms with Gasteiger partial charge in [-0.2, -0.15) is 0 Å². The Bertz CT molecular complexity index is 1110. The first-order valence-corrected chi connectivity index (χ1v) is 10.2. The van der Waals surface area contributed by atoms with Gasteiger partial charge in [0.05, 0.1) is 18.4 Å². The van der Waals surface area contributed by atoms with Crippen LogP contribution in [0.1, 0.15) is 17.8 Å². The van der Waals surface area contributed by atoms with Crippen LogP contribution in [-0.4, -0.2) is 39.9 Å². The van der Waals surface area contributed by atoms with E-state index in [0.29, 0.717) is 13.4 Å². The molecule has 4 heterocycles. The van der Waals surface area contributed by atoms with Crippen molar-refractivity contribution in [3.05, 3.63) is 65.9 Å². The average molecular weight is 407 g/mol. The third-order valence-corrected chi connectivity index (χ3v) is 6.25. The highest BCUT2D eigenvalue weighted by Crippen LogP contribution is 2.37. The van der Waals surface area contributed by atoms with Gasteiger partial charge in [0.1, 0.15) is 23.8 Å². The summed E-state index contributed by atoms with van der Waals surface area (Å²) in [6.07, 6.45) is 2.78. The minimum Gasteiger partial charge on any atom is -0.454 e. The van der Waals surface area contributed by atoms with E-state index in [1.165, 1.54) is 11.6 Å². The third-order valence-electron chi connectivity index (χ3n) is 6.25. The van der Waals surface area contributed by atoms with Crippen molar-refractivity contribution in [2.75, 3.05) is 19.9 Å². The number of imidazole rings is 1. The highest BCUT2D eigenvalue weighted by Gasteiger charge is 2.43. The molecule has 1 aromatic heterocycles. The molecule has 0 amide bonds. The van der Waals surface area contributed by atoms with Crippen molar-refractivity contribution in [3.8, 4) is 22.8 Å². The Kier molecular flexibility index (Phi) is 4.07. The Morgan fingerprint density at radius 3 is 2.93 bits per heavy atom. The lowest BCUT2D eigenvalue weighted by Gasteiger charge is -2.35. The fourth-order valence-electron chi connectivity index (χ4n) is 4.74. The molecular weight excluding hydrogens is 385 g/mol. The van der Waals surface area contributed by atoms with E-state index < -0.39 is 0 Å². The first-order valence-electron chi connectivity index (χ1n) is 10.2. The number of aromatic nitrogens is 2. The van der Waals surface area contributed by atoms with Crippen LogP contribution in [0.5, 0.6) is 11.5 Å². The number of nitrogens with zero attached hydrogens (tertiary/aromatic N) is 3. The molecule has 0 radical (unpaired) electrons. The second-order valence-corrected chi connectivity index (χ2v) is 8.28. The summed E-state index contributed by atoms with van der Waals surface area (Å²) in [5.74, 6) is 2.29. The molecule has 0 N–H and O–H groups in total. The van der Waals surface area contributed by atoms with Gasteiger partial charge in [-0.15, -0.1) is 0 Å². The summed E-state index contributed by atoms with van der Waals surface area (Å²) in [7, 11) is 0. The topological polar surface area (TPSA) is 48.8 Å². The quantitative estimate of drug-likeness (QED) is 0.664. The van der Waals surface area contributed by atoms with Gasteiger partial charge in [-0.05, 0) is 36.2 Å². The van der Waals surface area contributed by atoms with Gasteiger partial charge in [0.15, 0.2) is 11.5 Å². The van der Waals surface area contributed by atoms with E-state index in [9.17, 15) is 4.39 Å². The van der Waals surface area contributed by atoms with E-state index in [2.05, 4.69) is 26.6 Å². The molecule has 0 unspecified atom stereocenters. The Hall–Kier alpha value is -2.90. The predicted octanol–water partition coefficient (Wildman–Crippen LogP) is 3.59. The second kappa shape index (κ2) is 6.82. The third kappa shape index (κ3) is 3.05. The number of fused-ring (bicyclic) bond motifs is 2. The van der Waals surface area contributed by atoms with Crippen LogP contribution >= 0.6 is 0 Å². The largest absolute Gasteiger partial charge is 0.454 e. The summed E-state index contributed by atoms with van der Waals surface area (Å²) >= 11 is 0. The summed E-state index contributed by atoms with van der Waals surface area (Å²) in [6, 6.07) is 12.8. The first-order chi connectivity index (χ1) is 14.7. The van der Waals surface area contributed by atoms with E-state index >= 15 is 0 Å². The summed E-state index contributed by atoms with van der Waals surface area (Å²) < 4.78 is 33.2. The standard InChI is InChI=1S/C23H22FN3O3/c24-18-3-1-2-17(9-18)19-10-25-22-12-30-23(14-27(19)22)6-7-26(13-23)11-16-4-5-20-21(8-16)29-15-28-20/h1-5,8-10H,6-7,11-15H2/t23-/m0/s1. The van der Waals surface area contributed by atoms with Crippen molar-refractivity contribution in [2.45, 2.75) is 31.7 Å². The van der Waals surface area contributed by atoms with Crippen LogP contribution in [0.2, 0.25) is 0 Å². The minimum absolute atomic E-state index is 0.236. The van der Waals surface area contributed by atoms with Gasteiger partial charge in [0.2, 0.25) is 6.79 Å². The molecule has 1 spiro atoms. The maximum absolute atomic E-state index is 13.7. The van der Waals surface area contributed by atoms with Crippen LogP contribution in [-0.2, 0) is 24.4 Å². The van der Waals surface area contributed by atoms with Gasteiger partial charge in [0.25, 0.3) is 0 Å². The lowest BCUT2D eigenvalue weighted by molar-refractivity contribution is -0.0821. The molecule has 1 atom stereocenters. The molecule has 3 aliphatic rings. The van der Waals surface area contributed by atoms with Gasteiger partial charge >= 0.3 is 0 Å². The van der Waals surface area contributed by atoms with Crippen LogP contribution in [0, 0.1) is 5.82 Å². The smallest absolute Gasteiger partial charge is 0.231 e. The molecule has 3 aliphatic heterocycles. The summed E-state index contributed by atoms with van der Waals surface area (Å²) in [4.78, 5) is 6.93. The number of hydrogen-bond acceptors (Lipinski definition) is 5. The SMILES string of the molecule is Fc1cccc(-c2cnc3n2C[C@@]2(CCN(Cc4ccc5c(c4)OCO5)C2)OC3)c1. The van der Waals surface area contributed by atoms with Crippen molar-refractivity contribution in [3.63, 3.8) is 0 Å². The zero-order valence-corrected chi connectivity index (χ0v) is 16.5. The zero-order valence-electron chi connectivity index (χ0n) is 16.5. The van der Waals surface area contributed by atoms with Gasteiger partial charge < -0.3 is 18.8 Å². The number of likely N-dealkylation sites (tertiary alicyclic amines) is 1. The summed E-state index contributed by atoms with van der Waals surface area (Å²) in [6.45, 7) is 4.16. The van der Waals surface area contributed by atoms with E-state index in [0.717, 1.165) is 61.2 Å². The molecule has 7 heteroatoms. The molecule has 0 bridgehead atoms. The van der Waals surface area contributed by atoms with E-state index in [-0.39, 0.29) is 11.4 Å². The highest BCUT2D eigenvalue weighted by atomic mass is 19.1. The molecule has 3 aromatic rings. The Balaban J connectivity index is 1.21. The molecular formula is C23H22FN3O3. The van der Waals surface area contributed by atoms with Crippen LogP contribution in [0.25, 0.3) is 11.3 Å². The Labute approximate surface area is 173 Å². The minimum atomic E-state index is -0.244. The lowest BCUT2D eigenvalue weighted by Crippen LogP contribution is -2.44. The Morgan fingerprint density at radius 1 is 1.07 bits per heavy atom. The summed E-state index contributed by atoms with van der Waals surface area (Å²) in [5.41, 5.74) is 2.75. The van der Waals surface area contributed by atoms with Crippen LogP contribution < -0.4 is 9.47 Å². The normalized spacial score (nSPS) is 22.6. The maximum atomic E-state index is 13.7. The van der Waals surface area contributed by atoms with Crippen LogP contribution in [0.4, 0.5) is 4.39 Å². The highest BCUT2D eigenvalue weighted by molar-refractivity contribution is 5.59. The van der Waals surface area contributed by atoms with Crippen molar-refractivity contribution < 1.29 is 18.6 Å². The molecule has 2 aromatic carbocycles. The molecule has 154 valence electrons. The predicted molar refractivity (Wildman–Crippen MR) is 108 cm³/mol. The van der Waals surface area contributed by atoms with Crippen LogP contribution in [0.3, 0.4) is 0 Å². The number of halogens is 1. The molecule has 1 fully saturated rings. The second-order valence-electron chi connectivity index (χ2n) is 8.28. The van der Waals surface area contributed by atoms with Gasteiger partial charge in [-0.25, -0.2) is 9.37 Å². The van der Waals surface area contributed by atoms with Crippen molar-refractivity contribution in [2.24, 2.45) is 0 Å². The monoisotopic (exact) mass is 407 g/mol. The molecule has 1 saturated heterocycles. The maximum Gasteiger partial charge on any atom is 0.231 e. The van der Waals surface area contributed by atoms with Crippen molar-refractivity contribution >= 4 is 0 Å². The van der Waals surface area contributed by atoms with Gasteiger partial charge in [-0.3, -0.25) is 4.90 Å². The number of benzene rings is 2. The van der Waals surface area contributed by atoms with E-state index in [1.807, 2.05) is 18.3 Å². The molecule has 30 heavy (non-hydrogen) atoms. The van der Waals surface area contributed by atoms with E-state index in [1.54, 1.807) is 12.1 Å². The lowest BCUT2D eigenvalue weighted by atomic mass is 10.0. The van der Waals surface area contributed by atoms with E-state index in [4.69, 9.17) is 14.2 Å². The molecule has 6 nitrogen and oxygen atoms in total. The number of hydrogen-bond donors (Lipinski definition) is 0. The Morgan fingerprint density at radius 2 is 2.00 bits per heavy atom. The number of ether oxygens (including phenoxy) is 3. The fraction of sp³-hybridized carbons (Fsp3) is 0.348. The van der Waals surface area contributed by atoms with Crippen molar-refractivity contribution in [1.82, 2.24) is 14.5 Å². The number of rotatable bonds is 3. The van der Waals surface area contributed by atoms with Gasteiger partial charge in [-0.1, -0.05) is 18.2 Å². The molecule has 0 aliphatic carbocycles. The molecule has 0 saturated carbocycles. The fourth-order valence-corrected chi connectivity index (χ4v) is 4.74. The van der Waals surface area contributed by atoms with Crippen LogP contribution in [0.15, 0.2) is 48.7 Å². The van der Waals surface area contributed by atoms with Gasteiger partial charge in [0, 0.05) is 25.2 Å². The zero-order chi connectivity index (χ0) is 20.1. The molecule has 6 rings (SSSR count).